The van der Waals surface area contributed by atoms with E-state index in [0.29, 0.717) is 25.4 Å². The van der Waals surface area contributed by atoms with E-state index in [1.165, 1.54) is 36.3 Å². The van der Waals surface area contributed by atoms with Gasteiger partial charge in [-0.2, -0.15) is 13.2 Å². The first-order valence-electron chi connectivity index (χ1n) is 9.58. The highest BCUT2D eigenvalue weighted by molar-refractivity contribution is 5.76. The van der Waals surface area contributed by atoms with Crippen molar-refractivity contribution >= 4 is 5.91 Å². The quantitative estimate of drug-likeness (QED) is 0.786. The SMILES string of the molecule is O=C(CC1CCCCC1)N1CCN(C(c2ccccc2)C(F)(F)F)CC1. The summed E-state index contributed by atoms with van der Waals surface area (Å²) in [5, 5.41) is 0. The van der Waals surface area contributed by atoms with Gasteiger partial charge in [0.15, 0.2) is 0 Å². The van der Waals surface area contributed by atoms with Crippen LogP contribution in [0.1, 0.15) is 50.1 Å². The molecule has 2 fully saturated rings. The van der Waals surface area contributed by atoms with Gasteiger partial charge >= 0.3 is 6.18 Å². The van der Waals surface area contributed by atoms with Crippen molar-refractivity contribution in [3.63, 3.8) is 0 Å². The van der Waals surface area contributed by atoms with Gasteiger partial charge in [0.25, 0.3) is 0 Å². The van der Waals surface area contributed by atoms with Crippen LogP contribution in [0.2, 0.25) is 0 Å². The molecule has 6 heteroatoms. The zero-order chi connectivity index (χ0) is 18.6. The predicted octanol–water partition coefficient (Wildman–Crippen LogP) is 4.40. The van der Waals surface area contributed by atoms with Crippen molar-refractivity contribution < 1.29 is 18.0 Å². The Bertz CT molecular complexity index is 576. The number of halogens is 3. The first-order valence-corrected chi connectivity index (χ1v) is 9.58. The molecule has 1 aliphatic carbocycles. The summed E-state index contributed by atoms with van der Waals surface area (Å²) >= 11 is 0. The number of benzene rings is 1. The second kappa shape index (κ2) is 8.42. The second-order valence-corrected chi connectivity index (χ2v) is 7.48. The fourth-order valence-electron chi connectivity index (χ4n) is 4.24. The molecule has 0 bridgehead atoms. The number of carbonyl (C=O) groups is 1. The number of carbonyl (C=O) groups excluding carboxylic acids is 1. The van der Waals surface area contributed by atoms with Crippen LogP contribution in [0.25, 0.3) is 0 Å². The summed E-state index contributed by atoms with van der Waals surface area (Å²) in [6, 6.07) is 6.45. The summed E-state index contributed by atoms with van der Waals surface area (Å²) in [5.74, 6) is 0.571. The fraction of sp³-hybridized carbons (Fsp3) is 0.650. The van der Waals surface area contributed by atoms with E-state index in [2.05, 4.69) is 0 Å². The highest BCUT2D eigenvalue weighted by atomic mass is 19.4. The molecule has 0 N–H and O–H groups in total. The monoisotopic (exact) mass is 368 g/mol. The lowest BCUT2D eigenvalue weighted by atomic mass is 9.86. The van der Waals surface area contributed by atoms with Gasteiger partial charge in [0.2, 0.25) is 5.91 Å². The van der Waals surface area contributed by atoms with Gasteiger partial charge in [0.05, 0.1) is 0 Å². The maximum Gasteiger partial charge on any atom is 0.408 e. The van der Waals surface area contributed by atoms with Crippen molar-refractivity contribution in [1.29, 1.82) is 0 Å². The van der Waals surface area contributed by atoms with Crippen LogP contribution in [0, 0.1) is 5.92 Å². The topological polar surface area (TPSA) is 23.6 Å². The van der Waals surface area contributed by atoms with Crippen molar-refractivity contribution in [2.45, 2.75) is 50.7 Å². The third kappa shape index (κ3) is 4.78. The Morgan fingerprint density at radius 2 is 1.62 bits per heavy atom. The Hall–Kier alpha value is -1.56. The van der Waals surface area contributed by atoms with Gasteiger partial charge in [-0.3, -0.25) is 9.69 Å². The highest BCUT2D eigenvalue weighted by Gasteiger charge is 2.45. The molecule has 144 valence electrons. The van der Waals surface area contributed by atoms with Gasteiger partial charge in [-0.15, -0.1) is 0 Å². The number of hydrogen-bond donors (Lipinski definition) is 0. The van der Waals surface area contributed by atoms with Crippen LogP contribution in [0.3, 0.4) is 0 Å². The molecule has 0 radical (unpaired) electrons. The van der Waals surface area contributed by atoms with Gasteiger partial charge in [0.1, 0.15) is 6.04 Å². The molecule has 26 heavy (non-hydrogen) atoms. The molecule has 1 aromatic carbocycles. The highest BCUT2D eigenvalue weighted by Crippen LogP contribution is 2.38. The van der Waals surface area contributed by atoms with Crippen LogP contribution in [-0.4, -0.2) is 48.1 Å². The van der Waals surface area contributed by atoms with Crippen LogP contribution in [0.4, 0.5) is 13.2 Å². The van der Waals surface area contributed by atoms with E-state index in [1.807, 2.05) is 0 Å². The Morgan fingerprint density at radius 1 is 1.00 bits per heavy atom. The molecule has 3 nitrogen and oxygen atoms in total. The molecule has 1 heterocycles. The zero-order valence-corrected chi connectivity index (χ0v) is 15.0. The molecular formula is C20H27F3N2O. The van der Waals surface area contributed by atoms with Crippen molar-refractivity contribution in [3.8, 4) is 0 Å². The summed E-state index contributed by atoms with van der Waals surface area (Å²) < 4.78 is 40.9. The lowest BCUT2D eigenvalue weighted by molar-refractivity contribution is -0.190. The Labute approximate surface area is 153 Å². The second-order valence-electron chi connectivity index (χ2n) is 7.48. The normalized spacial score (nSPS) is 21.6. The molecule has 1 saturated carbocycles. The van der Waals surface area contributed by atoms with E-state index in [4.69, 9.17) is 0 Å². The maximum atomic E-state index is 13.6. The number of piperazine rings is 1. The Kier molecular flexibility index (Phi) is 6.22. The average molecular weight is 368 g/mol. The number of rotatable bonds is 4. The number of alkyl halides is 3. The number of amides is 1. The van der Waals surface area contributed by atoms with Crippen molar-refractivity contribution in [1.82, 2.24) is 9.80 Å². The van der Waals surface area contributed by atoms with Crippen LogP contribution in [-0.2, 0) is 4.79 Å². The molecule has 1 aliphatic heterocycles. The number of hydrogen-bond acceptors (Lipinski definition) is 2. The van der Waals surface area contributed by atoms with Crippen LogP contribution < -0.4 is 0 Å². The third-order valence-corrected chi connectivity index (χ3v) is 5.65. The first kappa shape index (κ1) is 19.2. The molecule has 1 saturated heterocycles. The van der Waals surface area contributed by atoms with E-state index >= 15 is 0 Å². The molecule has 1 atom stereocenters. The lowest BCUT2D eigenvalue weighted by Crippen LogP contribution is -2.52. The van der Waals surface area contributed by atoms with Crippen LogP contribution in [0.15, 0.2) is 30.3 Å². The van der Waals surface area contributed by atoms with Crippen molar-refractivity contribution in [2.75, 3.05) is 26.2 Å². The Morgan fingerprint density at radius 3 is 2.19 bits per heavy atom. The third-order valence-electron chi connectivity index (χ3n) is 5.65. The molecule has 2 aliphatic rings. The molecule has 1 aromatic rings. The molecule has 3 rings (SSSR count). The summed E-state index contributed by atoms with van der Waals surface area (Å²) in [4.78, 5) is 15.7. The molecule has 0 spiro atoms. The smallest absolute Gasteiger partial charge is 0.340 e. The predicted molar refractivity (Wildman–Crippen MR) is 94.6 cm³/mol. The molecular weight excluding hydrogens is 341 g/mol. The molecule has 1 amide bonds. The van der Waals surface area contributed by atoms with E-state index in [-0.39, 0.29) is 24.6 Å². The minimum atomic E-state index is -4.32. The minimum absolute atomic E-state index is 0.111. The van der Waals surface area contributed by atoms with Gasteiger partial charge < -0.3 is 4.90 Å². The van der Waals surface area contributed by atoms with Gasteiger partial charge in [-0.1, -0.05) is 49.6 Å². The van der Waals surface area contributed by atoms with Crippen molar-refractivity contribution in [2.24, 2.45) is 5.92 Å². The maximum absolute atomic E-state index is 13.6. The van der Waals surface area contributed by atoms with Gasteiger partial charge in [0, 0.05) is 32.6 Å². The molecule has 0 aromatic heterocycles. The summed E-state index contributed by atoms with van der Waals surface area (Å²) in [6.45, 7) is 1.28. The Balaban J connectivity index is 1.58. The zero-order valence-electron chi connectivity index (χ0n) is 15.0. The summed E-state index contributed by atoms with van der Waals surface area (Å²) in [5.41, 5.74) is 0.266. The van der Waals surface area contributed by atoms with Crippen molar-refractivity contribution in [3.05, 3.63) is 35.9 Å². The van der Waals surface area contributed by atoms with Crippen LogP contribution in [0.5, 0.6) is 0 Å². The minimum Gasteiger partial charge on any atom is -0.340 e. The lowest BCUT2D eigenvalue weighted by Gasteiger charge is -2.40. The van der Waals surface area contributed by atoms with Gasteiger partial charge in [-0.05, 0) is 24.3 Å². The van der Waals surface area contributed by atoms with E-state index < -0.39 is 12.2 Å². The van der Waals surface area contributed by atoms with E-state index in [1.54, 1.807) is 23.1 Å². The fourth-order valence-corrected chi connectivity index (χ4v) is 4.24. The van der Waals surface area contributed by atoms with Crippen LogP contribution >= 0.6 is 0 Å². The largest absolute Gasteiger partial charge is 0.408 e. The number of nitrogens with zero attached hydrogens (tertiary/aromatic N) is 2. The standard InChI is InChI=1S/C20H27F3N2O/c21-20(22,23)19(17-9-5-2-6-10-17)25-13-11-24(12-14-25)18(26)15-16-7-3-1-4-8-16/h2,5-6,9-10,16,19H,1,3-4,7-8,11-15H2. The van der Waals surface area contributed by atoms with E-state index in [0.717, 1.165) is 12.8 Å². The first-order chi connectivity index (χ1) is 12.4. The summed E-state index contributed by atoms with van der Waals surface area (Å²) in [7, 11) is 0. The summed E-state index contributed by atoms with van der Waals surface area (Å²) in [6.07, 6.45) is 2.08. The average Bonchev–Trinajstić information content (AvgIpc) is 2.63. The van der Waals surface area contributed by atoms with E-state index in [9.17, 15) is 18.0 Å². The van der Waals surface area contributed by atoms with Gasteiger partial charge in [-0.25, -0.2) is 0 Å². The molecule has 1 unspecified atom stereocenters.